The number of imidazole rings is 1. The van der Waals surface area contributed by atoms with Crippen LogP contribution in [0.25, 0.3) is 5.65 Å². The molecule has 1 saturated carbocycles. The second-order valence-corrected chi connectivity index (χ2v) is 10.2. The van der Waals surface area contributed by atoms with E-state index in [0.717, 1.165) is 48.8 Å². The van der Waals surface area contributed by atoms with E-state index in [2.05, 4.69) is 30.5 Å². The van der Waals surface area contributed by atoms with Crippen LogP contribution in [0.15, 0.2) is 79.3 Å². The SMILES string of the molecule is COc1ccc(CN(c2ccccn2)c2cc(NC3CCCCC3)nn3c(C(=O)Nc4ccnc(F)c4)cnc23)cc1. The third kappa shape index (κ3) is 5.99. The molecule has 0 saturated heterocycles. The highest BCUT2D eigenvalue weighted by Crippen LogP contribution is 2.33. The van der Waals surface area contributed by atoms with Crippen molar-refractivity contribution >= 4 is 34.6 Å². The van der Waals surface area contributed by atoms with Crippen LogP contribution in [0.1, 0.15) is 48.2 Å². The standard InChI is InChI=1S/C31H31FN8O2/c1-42-24-12-10-21(11-13-24)20-39(29-9-5-6-15-34-29)25-18-28(36-22-7-3-2-4-8-22)38-40-26(19-35-30(25)40)31(41)37-23-14-16-33-27(32)17-23/h5-6,9-19,22H,2-4,7-8,20H2,1H3,(H,36,38)(H,33,37,41). The zero-order chi connectivity index (χ0) is 28.9. The molecule has 0 spiro atoms. The summed E-state index contributed by atoms with van der Waals surface area (Å²) in [7, 11) is 1.64. The highest BCUT2D eigenvalue weighted by Gasteiger charge is 2.23. The Morgan fingerprint density at radius 1 is 1.02 bits per heavy atom. The van der Waals surface area contributed by atoms with Crippen molar-refractivity contribution in [2.75, 3.05) is 22.6 Å². The van der Waals surface area contributed by atoms with Crippen LogP contribution >= 0.6 is 0 Å². The number of fused-ring (bicyclic) bond motifs is 1. The molecule has 4 heterocycles. The van der Waals surface area contributed by atoms with Gasteiger partial charge in [0.15, 0.2) is 11.3 Å². The third-order valence-corrected chi connectivity index (χ3v) is 7.34. The van der Waals surface area contributed by atoms with Gasteiger partial charge < -0.3 is 20.3 Å². The number of methoxy groups -OCH3 is 1. The van der Waals surface area contributed by atoms with Crippen molar-refractivity contribution < 1.29 is 13.9 Å². The number of nitrogens with one attached hydrogen (secondary N) is 2. The van der Waals surface area contributed by atoms with Gasteiger partial charge in [0.25, 0.3) is 5.91 Å². The Balaban J connectivity index is 1.44. The van der Waals surface area contributed by atoms with Gasteiger partial charge in [-0.05, 0) is 48.7 Å². The summed E-state index contributed by atoms with van der Waals surface area (Å²) >= 11 is 0. The first-order chi connectivity index (χ1) is 20.6. The van der Waals surface area contributed by atoms with Crippen LogP contribution in [0, 0.1) is 5.95 Å². The Morgan fingerprint density at radius 3 is 2.60 bits per heavy atom. The van der Waals surface area contributed by atoms with Gasteiger partial charge in [0.05, 0.1) is 19.0 Å². The van der Waals surface area contributed by atoms with Crippen molar-refractivity contribution in [1.82, 2.24) is 24.6 Å². The van der Waals surface area contributed by atoms with E-state index in [1.54, 1.807) is 13.3 Å². The maximum Gasteiger partial charge on any atom is 0.276 e. The fraction of sp³-hybridized carbons (Fsp3) is 0.258. The van der Waals surface area contributed by atoms with Crippen LogP contribution in [0.3, 0.4) is 0 Å². The van der Waals surface area contributed by atoms with Gasteiger partial charge in [-0.1, -0.05) is 37.5 Å². The molecule has 5 aromatic rings. The van der Waals surface area contributed by atoms with E-state index in [1.807, 2.05) is 48.5 Å². The predicted octanol–water partition coefficient (Wildman–Crippen LogP) is 6.00. The van der Waals surface area contributed by atoms with Crippen molar-refractivity contribution in [3.05, 3.63) is 96.5 Å². The maximum absolute atomic E-state index is 13.7. The summed E-state index contributed by atoms with van der Waals surface area (Å²) in [5.74, 6) is 0.954. The first kappa shape index (κ1) is 27.1. The number of halogens is 1. The average molecular weight is 567 g/mol. The smallest absolute Gasteiger partial charge is 0.276 e. The lowest BCUT2D eigenvalue weighted by atomic mass is 9.95. The fourth-order valence-corrected chi connectivity index (χ4v) is 5.22. The summed E-state index contributed by atoms with van der Waals surface area (Å²) < 4.78 is 20.6. The number of carbonyl (C=O) groups is 1. The van der Waals surface area contributed by atoms with Crippen LogP contribution in [0.4, 0.5) is 27.4 Å². The molecule has 1 aliphatic rings. The Hall–Kier alpha value is -5.06. The molecule has 214 valence electrons. The molecule has 11 heteroatoms. The number of hydrogen-bond acceptors (Lipinski definition) is 8. The number of hydrogen-bond donors (Lipinski definition) is 2. The number of aromatic nitrogens is 5. The predicted molar refractivity (Wildman–Crippen MR) is 159 cm³/mol. The minimum atomic E-state index is -0.685. The number of benzene rings is 1. The van der Waals surface area contributed by atoms with E-state index in [9.17, 15) is 9.18 Å². The van der Waals surface area contributed by atoms with Gasteiger partial charge in [0.2, 0.25) is 5.95 Å². The molecule has 0 aliphatic heterocycles. The molecule has 1 amide bonds. The fourth-order valence-electron chi connectivity index (χ4n) is 5.22. The second-order valence-electron chi connectivity index (χ2n) is 10.2. The molecule has 0 unspecified atom stereocenters. The van der Waals surface area contributed by atoms with Crippen LogP contribution < -0.4 is 20.3 Å². The zero-order valence-electron chi connectivity index (χ0n) is 23.2. The van der Waals surface area contributed by atoms with Crippen LogP contribution in [-0.2, 0) is 6.54 Å². The van der Waals surface area contributed by atoms with Crippen molar-refractivity contribution in [3.8, 4) is 5.75 Å². The number of rotatable bonds is 9. The highest BCUT2D eigenvalue weighted by atomic mass is 19.1. The van der Waals surface area contributed by atoms with E-state index in [4.69, 9.17) is 9.84 Å². The molecular weight excluding hydrogens is 535 g/mol. The third-order valence-electron chi connectivity index (χ3n) is 7.34. The molecule has 2 N–H and O–H groups in total. The number of carbonyl (C=O) groups excluding carboxylic acids is 1. The maximum atomic E-state index is 13.7. The Labute approximate surface area is 242 Å². The summed E-state index contributed by atoms with van der Waals surface area (Å²) in [6.45, 7) is 0.480. The van der Waals surface area contributed by atoms with Gasteiger partial charge in [0.1, 0.15) is 17.4 Å². The Kier molecular flexibility index (Phi) is 7.89. The van der Waals surface area contributed by atoms with E-state index in [-0.39, 0.29) is 17.4 Å². The second kappa shape index (κ2) is 12.2. The lowest BCUT2D eigenvalue weighted by molar-refractivity contribution is 0.102. The van der Waals surface area contributed by atoms with Crippen LogP contribution in [0.2, 0.25) is 0 Å². The Morgan fingerprint density at radius 2 is 1.86 bits per heavy atom. The quantitative estimate of drug-likeness (QED) is 0.209. The van der Waals surface area contributed by atoms with Crippen molar-refractivity contribution in [3.63, 3.8) is 0 Å². The summed E-state index contributed by atoms with van der Waals surface area (Å²) in [6, 6.07) is 18.5. The first-order valence-corrected chi connectivity index (χ1v) is 14.0. The summed E-state index contributed by atoms with van der Waals surface area (Å²) in [5.41, 5.74) is 2.73. The summed E-state index contributed by atoms with van der Waals surface area (Å²) in [6.07, 6.45) is 10.2. The molecule has 4 aromatic heterocycles. The first-order valence-electron chi connectivity index (χ1n) is 14.0. The lowest BCUT2D eigenvalue weighted by Gasteiger charge is -2.27. The molecule has 42 heavy (non-hydrogen) atoms. The number of amides is 1. The molecule has 10 nitrogen and oxygen atoms in total. The molecule has 6 rings (SSSR count). The number of nitrogens with zero attached hydrogens (tertiary/aromatic N) is 6. The molecule has 0 atom stereocenters. The zero-order valence-corrected chi connectivity index (χ0v) is 23.2. The van der Waals surface area contributed by atoms with Crippen LogP contribution in [0.5, 0.6) is 5.75 Å². The molecular formula is C31H31FN8O2. The molecule has 1 fully saturated rings. The van der Waals surface area contributed by atoms with Crippen molar-refractivity contribution in [1.29, 1.82) is 0 Å². The van der Waals surface area contributed by atoms with Gasteiger partial charge in [-0.25, -0.2) is 19.5 Å². The van der Waals surface area contributed by atoms with E-state index in [0.29, 0.717) is 23.8 Å². The van der Waals surface area contributed by atoms with Gasteiger partial charge in [-0.2, -0.15) is 4.39 Å². The number of pyridine rings is 2. The topological polar surface area (TPSA) is 110 Å². The minimum Gasteiger partial charge on any atom is -0.497 e. The van der Waals surface area contributed by atoms with Gasteiger partial charge in [0, 0.05) is 42.8 Å². The van der Waals surface area contributed by atoms with E-state index in [1.165, 1.54) is 29.4 Å². The normalized spacial score (nSPS) is 13.6. The lowest BCUT2D eigenvalue weighted by Crippen LogP contribution is -2.25. The molecule has 0 bridgehead atoms. The summed E-state index contributed by atoms with van der Waals surface area (Å²) in [5, 5.41) is 11.1. The van der Waals surface area contributed by atoms with Gasteiger partial charge in [-0.15, -0.1) is 5.10 Å². The van der Waals surface area contributed by atoms with E-state index < -0.39 is 11.9 Å². The molecule has 1 aromatic carbocycles. The van der Waals surface area contributed by atoms with Gasteiger partial charge in [-0.3, -0.25) is 4.79 Å². The number of ether oxygens (including phenoxy) is 1. The van der Waals surface area contributed by atoms with E-state index >= 15 is 0 Å². The monoisotopic (exact) mass is 566 g/mol. The Bertz CT molecular complexity index is 1670. The largest absolute Gasteiger partial charge is 0.497 e. The van der Waals surface area contributed by atoms with Crippen molar-refractivity contribution in [2.45, 2.75) is 44.7 Å². The minimum absolute atomic E-state index is 0.209. The molecule has 0 radical (unpaired) electrons. The van der Waals surface area contributed by atoms with Crippen LogP contribution in [-0.4, -0.2) is 43.6 Å². The van der Waals surface area contributed by atoms with Gasteiger partial charge >= 0.3 is 0 Å². The number of anilines is 4. The highest BCUT2D eigenvalue weighted by molar-refractivity contribution is 6.03. The van der Waals surface area contributed by atoms with Crippen molar-refractivity contribution in [2.24, 2.45) is 0 Å². The average Bonchev–Trinajstić information content (AvgIpc) is 3.45. The summed E-state index contributed by atoms with van der Waals surface area (Å²) in [4.78, 5) is 28.3. The molecule has 1 aliphatic carbocycles.